The van der Waals surface area contributed by atoms with Crippen LogP contribution in [0.3, 0.4) is 0 Å². The number of aromatic nitrogens is 2. The minimum Gasteiger partial charge on any atom is -0.451 e. The van der Waals surface area contributed by atoms with Crippen molar-refractivity contribution in [2.45, 2.75) is 19.9 Å². The first kappa shape index (κ1) is 14.9. The van der Waals surface area contributed by atoms with Crippen molar-refractivity contribution in [1.82, 2.24) is 15.0 Å². The van der Waals surface area contributed by atoms with Gasteiger partial charge in [0.05, 0.1) is 13.2 Å². The van der Waals surface area contributed by atoms with Crippen LogP contribution in [-0.4, -0.2) is 40.7 Å². The minimum atomic E-state index is -0.373. The van der Waals surface area contributed by atoms with Crippen LogP contribution in [0.2, 0.25) is 0 Å². The Morgan fingerprint density at radius 1 is 1.25 bits per heavy atom. The third-order valence-corrected chi connectivity index (χ3v) is 4.41. The number of aryl methyl sites for hydroxylation is 2. The van der Waals surface area contributed by atoms with Crippen LogP contribution in [-0.2, 0) is 4.74 Å². The van der Waals surface area contributed by atoms with Gasteiger partial charge in [-0.15, -0.1) is 0 Å². The highest BCUT2D eigenvalue weighted by atomic mass is 16.5. The first-order chi connectivity index (χ1) is 11.6. The number of morpholine rings is 1. The third-order valence-electron chi connectivity index (χ3n) is 4.41. The molecule has 0 bridgehead atoms. The van der Waals surface area contributed by atoms with Gasteiger partial charge in [-0.25, -0.2) is 0 Å². The molecule has 1 atom stereocenters. The summed E-state index contributed by atoms with van der Waals surface area (Å²) in [6.07, 6.45) is 1.25. The maximum Gasteiger partial charge on any atom is 0.290 e. The van der Waals surface area contributed by atoms with Crippen LogP contribution in [0.1, 0.15) is 33.5 Å². The van der Waals surface area contributed by atoms with E-state index in [-0.39, 0.29) is 11.9 Å². The van der Waals surface area contributed by atoms with Gasteiger partial charge in [-0.3, -0.25) is 4.79 Å². The number of carbonyl (C=O) groups is 1. The zero-order chi connectivity index (χ0) is 16.7. The second kappa shape index (κ2) is 5.76. The minimum absolute atomic E-state index is 0.195. The normalized spacial score (nSPS) is 18.2. The van der Waals surface area contributed by atoms with Crippen LogP contribution in [0.15, 0.2) is 33.5 Å². The lowest BCUT2D eigenvalue weighted by atomic mass is 10.1. The fourth-order valence-electron chi connectivity index (χ4n) is 2.94. The highest BCUT2D eigenvalue weighted by Gasteiger charge is 2.33. The van der Waals surface area contributed by atoms with Gasteiger partial charge in [-0.1, -0.05) is 5.16 Å². The summed E-state index contributed by atoms with van der Waals surface area (Å²) < 4.78 is 16.1. The van der Waals surface area contributed by atoms with Gasteiger partial charge in [0.25, 0.3) is 5.91 Å². The van der Waals surface area contributed by atoms with Gasteiger partial charge in [0.1, 0.15) is 11.6 Å². The Morgan fingerprint density at radius 3 is 2.88 bits per heavy atom. The summed E-state index contributed by atoms with van der Waals surface area (Å²) in [5.41, 5.74) is 3.01. The topological polar surface area (TPSA) is 81.6 Å². The smallest absolute Gasteiger partial charge is 0.290 e. The lowest BCUT2D eigenvalue weighted by Gasteiger charge is -2.32. The van der Waals surface area contributed by atoms with Crippen molar-refractivity contribution in [2.75, 3.05) is 19.8 Å². The number of rotatable bonds is 2. The van der Waals surface area contributed by atoms with Crippen molar-refractivity contribution < 1.29 is 18.5 Å². The van der Waals surface area contributed by atoms with E-state index in [4.69, 9.17) is 13.7 Å². The fraction of sp³-hybridized carbons (Fsp3) is 0.353. The number of hydrogen-bond donors (Lipinski definition) is 0. The van der Waals surface area contributed by atoms with Crippen LogP contribution >= 0.6 is 0 Å². The third kappa shape index (κ3) is 2.46. The molecule has 24 heavy (non-hydrogen) atoms. The Labute approximate surface area is 138 Å². The summed E-state index contributed by atoms with van der Waals surface area (Å²) in [5.74, 6) is 0.552. The van der Waals surface area contributed by atoms with E-state index in [1.807, 2.05) is 26.0 Å². The number of hydrogen-bond acceptors (Lipinski definition) is 6. The summed E-state index contributed by atoms with van der Waals surface area (Å²) in [7, 11) is 0. The molecule has 1 saturated heterocycles. The molecule has 2 aromatic heterocycles. The molecule has 0 radical (unpaired) electrons. The first-order valence-corrected chi connectivity index (χ1v) is 7.79. The SMILES string of the molecule is Cc1cc2cc(C(=O)N3CCOC[C@@H]3c3ncon3)oc2cc1C. The maximum absolute atomic E-state index is 12.9. The zero-order valence-corrected chi connectivity index (χ0v) is 13.5. The van der Waals surface area contributed by atoms with Crippen molar-refractivity contribution in [3.63, 3.8) is 0 Å². The lowest BCUT2D eigenvalue weighted by Crippen LogP contribution is -2.43. The number of nitrogens with zero attached hydrogens (tertiary/aromatic N) is 3. The second-order valence-corrected chi connectivity index (χ2v) is 5.96. The van der Waals surface area contributed by atoms with Gasteiger partial charge in [-0.2, -0.15) is 4.98 Å². The zero-order valence-electron chi connectivity index (χ0n) is 13.5. The fourth-order valence-corrected chi connectivity index (χ4v) is 2.94. The molecule has 0 saturated carbocycles. The van der Waals surface area contributed by atoms with E-state index in [0.717, 1.165) is 10.9 Å². The summed E-state index contributed by atoms with van der Waals surface area (Å²) in [5, 5.41) is 4.76. The Kier molecular flexibility index (Phi) is 3.57. The molecule has 0 spiro atoms. The van der Waals surface area contributed by atoms with E-state index in [9.17, 15) is 4.79 Å². The van der Waals surface area contributed by atoms with E-state index >= 15 is 0 Å². The van der Waals surface area contributed by atoms with Crippen molar-refractivity contribution in [2.24, 2.45) is 0 Å². The average molecular weight is 327 g/mol. The van der Waals surface area contributed by atoms with Gasteiger partial charge in [0, 0.05) is 11.9 Å². The summed E-state index contributed by atoms with van der Waals surface area (Å²) in [6.45, 7) is 5.32. The largest absolute Gasteiger partial charge is 0.451 e. The predicted molar refractivity (Wildman–Crippen MR) is 84.6 cm³/mol. The molecule has 3 aromatic rings. The summed E-state index contributed by atoms with van der Waals surface area (Å²) in [6, 6.07) is 5.40. The van der Waals surface area contributed by atoms with Crippen LogP contribution in [0.25, 0.3) is 11.0 Å². The van der Waals surface area contributed by atoms with Crippen LogP contribution in [0, 0.1) is 13.8 Å². The monoisotopic (exact) mass is 327 g/mol. The molecule has 124 valence electrons. The Morgan fingerprint density at radius 2 is 2.08 bits per heavy atom. The predicted octanol–water partition coefficient (Wildman–Crippen LogP) is 2.65. The van der Waals surface area contributed by atoms with Gasteiger partial charge in [0.2, 0.25) is 6.39 Å². The number of carbonyl (C=O) groups excluding carboxylic acids is 1. The van der Waals surface area contributed by atoms with E-state index in [0.29, 0.717) is 36.9 Å². The van der Waals surface area contributed by atoms with Gasteiger partial charge >= 0.3 is 0 Å². The van der Waals surface area contributed by atoms with E-state index in [2.05, 4.69) is 10.1 Å². The van der Waals surface area contributed by atoms with Crippen LogP contribution in [0.4, 0.5) is 0 Å². The highest BCUT2D eigenvalue weighted by molar-refractivity contribution is 5.96. The van der Waals surface area contributed by atoms with Crippen molar-refractivity contribution >= 4 is 16.9 Å². The van der Waals surface area contributed by atoms with Crippen LogP contribution in [0.5, 0.6) is 0 Å². The van der Waals surface area contributed by atoms with Gasteiger partial charge in [-0.05, 0) is 43.2 Å². The molecule has 7 heteroatoms. The molecule has 1 aliphatic heterocycles. The quantitative estimate of drug-likeness (QED) is 0.720. The molecule has 0 N–H and O–H groups in total. The average Bonchev–Trinajstić information content (AvgIpc) is 3.24. The van der Waals surface area contributed by atoms with Crippen LogP contribution < -0.4 is 0 Å². The molecule has 1 amide bonds. The molecule has 3 heterocycles. The Bertz CT molecular complexity index is 846. The van der Waals surface area contributed by atoms with E-state index < -0.39 is 0 Å². The molecule has 1 aromatic carbocycles. The molecule has 1 fully saturated rings. The number of ether oxygens (including phenoxy) is 1. The first-order valence-electron chi connectivity index (χ1n) is 7.79. The van der Waals surface area contributed by atoms with Gasteiger partial charge in [0.15, 0.2) is 11.6 Å². The number of fused-ring (bicyclic) bond motifs is 1. The molecule has 0 aliphatic carbocycles. The molecule has 4 rings (SSSR count). The van der Waals surface area contributed by atoms with Crippen molar-refractivity contribution in [3.05, 3.63) is 47.3 Å². The number of furan rings is 1. The van der Waals surface area contributed by atoms with Gasteiger partial charge < -0.3 is 18.6 Å². The summed E-state index contributed by atoms with van der Waals surface area (Å²) in [4.78, 5) is 18.7. The number of benzene rings is 1. The molecular formula is C17H17N3O4. The molecule has 0 unspecified atom stereocenters. The van der Waals surface area contributed by atoms with Crippen molar-refractivity contribution in [1.29, 1.82) is 0 Å². The highest BCUT2D eigenvalue weighted by Crippen LogP contribution is 2.27. The second-order valence-electron chi connectivity index (χ2n) is 5.96. The Hall–Kier alpha value is -2.67. The van der Waals surface area contributed by atoms with E-state index in [1.54, 1.807) is 11.0 Å². The van der Waals surface area contributed by atoms with E-state index in [1.165, 1.54) is 12.0 Å². The molecule has 7 nitrogen and oxygen atoms in total. The lowest BCUT2D eigenvalue weighted by molar-refractivity contribution is -0.00718. The summed E-state index contributed by atoms with van der Waals surface area (Å²) >= 11 is 0. The maximum atomic E-state index is 12.9. The molecule has 1 aliphatic rings. The molecular weight excluding hydrogens is 310 g/mol. The number of amides is 1. The standard InChI is InChI=1S/C17H17N3O4/c1-10-5-12-7-15(24-14(12)6-11(10)2)17(21)20-3-4-22-8-13(20)16-18-9-23-19-16/h5-7,9,13H,3-4,8H2,1-2H3/t13-/m1/s1. The Balaban J connectivity index is 1.69. The van der Waals surface area contributed by atoms with Crippen molar-refractivity contribution in [3.8, 4) is 0 Å².